The van der Waals surface area contributed by atoms with E-state index in [1.54, 1.807) is 0 Å². The van der Waals surface area contributed by atoms with Gasteiger partial charge >= 0.3 is 18.3 Å². The fourth-order valence-electron chi connectivity index (χ4n) is 0.996. The van der Waals surface area contributed by atoms with Gasteiger partial charge in [0.25, 0.3) is 0 Å². The average Bonchev–Trinajstić information content (AvgIpc) is 2.76. The van der Waals surface area contributed by atoms with Gasteiger partial charge in [0.15, 0.2) is 0 Å². The van der Waals surface area contributed by atoms with Gasteiger partial charge in [-0.25, -0.2) is 18.6 Å². The number of nitrogens with one attached hydrogen (secondary N) is 1. The van der Waals surface area contributed by atoms with E-state index in [1.807, 2.05) is 0 Å². The van der Waals surface area contributed by atoms with Gasteiger partial charge in [0, 0.05) is 0 Å². The van der Waals surface area contributed by atoms with Gasteiger partial charge in [-0.1, -0.05) is 0 Å². The number of imidazole rings is 1. The zero-order valence-electron chi connectivity index (χ0n) is 9.25. The molecule has 1 N–H and O–H groups in total. The maximum absolute atomic E-state index is 12.5. The van der Waals surface area contributed by atoms with Crippen molar-refractivity contribution in [2.45, 2.75) is 19.0 Å². The molecule has 18 heavy (non-hydrogen) atoms. The van der Waals surface area contributed by atoms with Crippen LogP contribution < -0.4 is 0 Å². The largest absolute Gasteiger partial charge is 0.464 e. The average molecular weight is 270 g/mol. The van der Waals surface area contributed by atoms with Crippen LogP contribution in [0.3, 0.4) is 0 Å². The van der Waals surface area contributed by atoms with Crippen molar-refractivity contribution in [2.75, 3.05) is 13.7 Å². The molecule has 1 aromatic rings. The summed E-state index contributed by atoms with van der Waals surface area (Å²) in [6.07, 6.45) is -2.67. The molecule has 0 atom stereocenters. The molecule has 0 saturated carbocycles. The summed E-state index contributed by atoms with van der Waals surface area (Å²) in [5.74, 6) is -4.84. The van der Waals surface area contributed by atoms with Crippen molar-refractivity contribution < 1.29 is 31.8 Å². The third-order valence-corrected chi connectivity index (χ3v) is 1.89. The third-order valence-electron chi connectivity index (χ3n) is 1.89. The summed E-state index contributed by atoms with van der Waals surface area (Å²) in [6.45, 7) is -1.88. The molecule has 0 aliphatic carbocycles. The van der Waals surface area contributed by atoms with E-state index >= 15 is 0 Å². The predicted molar refractivity (Wildman–Crippen MR) is 50.5 cm³/mol. The Hall–Kier alpha value is -1.64. The molecule has 0 aliphatic rings. The smallest absolute Gasteiger partial charge is 0.356 e. The highest BCUT2D eigenvalue weighted by Gasteiger charge is 2.40. The van der Waals surface area contributed by atoms with E-state index in [-0.39, 0.29) is 11.5 Å². The van der Waals surface area contributed by atoms with Gasteiger partial charge in [0.2, 0.25) is 0 Å². The zero-order valence-corrected chi connectivity index (χ0v) is 9.25. The molecule has 0 aromatic carbocycles. The van der Waals surface area contributed by atoms with Crippen molar-refractivity contribution in [3.8, 4) is 0 Å². The van der Waals surface area contributed by atoms with Crippen LogP contribution >= 0.6 is 0 Å². The van der Waals surface area contributed by atoms with Crippen molar-refractivity contribution in [3.05, 3.63) is 17.7 Å². The third kappa shape index (κ3) is 3.69. The van der Waals surface area contributed by atoms with Crippen LogP contribution in [0, 0.1) is 0 Å². The van der Waals surface area contributed by atoms with Crippen LogP contribution in [0.5, 0.6) is 0 Å². The Labute approximate surface area is 99.1 Å². The minimum atomic E-state index is -4.21. The van der Waals surface area contributed by atoms with E-state index in [4.69, 9.17) is 0 Å². The van der Waals surface area contributed by atoms with E-state index in [1.165, 1.54) is 0 Å². The Morgan fingerprint density at radius 3 is 2.78 bits per heavy atom. The Morgan fingerprint density at radius 1 is 1.56 bits per heavy atom. The first-order valence-corrected chi connectivity index (χ1v) is 4.72. The van der Waals surface area contributed by atoms with Crippen molar-refractivity contribution in [2.24, 2.45) is 0 Å². The van der Waals surface area contributed by atoms with E-state index in [0.717, 1.165) is 13.3 Å². The summed E-state index contributed by atoms with van der Waals surface area (Å²) >= 11 is 0. The molecule has 102 valence electrons. The highest BCUT2D eigenvalue weighted by Crippen LogP contribution is 2.23. The number of methoxy groups -OCH3 is 1. The zero-order chi connectivity index (χ0) is 13.8. The minimum Gasteiger partial charge on any atom is -0.464 e. The van der Waals surface area contributed by atoms with Crippen molar-refractivity contribution in [1.29, 1.82) is 0 Å². The van der Waals surface area contributed by atoms with Crippen molar-refractivity contribution in [1.82, 2.24) is 9.97 Å². The number of rotatable bonds is 6. The normalized spacial score (nSPS) is 11.9. The topological polar surface area (TPSA) is 64.2 Å². The highest BCUT2D eigenvalue weighted by atomic mass is 19.3. The summed E-state index contributed by atoms with van der Waals surface area (Å²) < 4.78 is 57.2. The number of carbonyl (C=O) groups excluding carboxylic acids is 1. The summed E-state index contributed by atoms with van der Waals surface area (Å²) in [5.41, 5.74) is 0.0109. The molecule has 1 rings (SSSR count). The molecule has 0 spiro atoms. The number of hydrogen-bond donors (Lipinski definition) is 1. The predicted octanol–water partition coefficient (Wildman–Crippen LogP) is 1.61. The Balaban J connectivity index is 2.45. The van der Waals surface area contributed by atoms with E-state index < -0.39 is 31.5 Å². The Bertz CT molecular complexity index is 408. The summed E-state index contributed by atoms with van der Waals surface area (Å²) in [5, 5.41) is 0. The molecule has 0 aliphatic heterocycles. The number of alkyl halides is 4. The SMILES string of the molecule is COC(=O)c1cnc(COCC(F)(F)C(F)F)[nH]1. The monoisotopic (exact) mass is 270 g/mol. The van der Waals surface area contributed by atoms with Gasteiger partial charge in [0.05, 0.1) is 13.3 Å². The second-order valence-electron chi connectivity index (χ2n) is 3.29. The van der Waals surface area contributed by atoms with Crippen molar-refractivity contribution in [3.63, 3.8) is 0 Å². The molecule has 0 bridgehead atoms. The molecule has 0 radical (unpaired) electrons. The van der Waals surface area contributed by atoms with E-state index in [0.29, 0.717) is 0 Å². The van der Waals surface area contributed by atoms with Gasteiger partial charge in [-0.15, -0.1) is 0 Å². The van der Waals surface area contributed by atoms with Crippen LogP contribution in [0.4, 0.5) is 17.6 Å². The first-order valence-electron chi connectivity index (χ1n) is 4.72. The quantitative estimate of drug-likeness (QED) is 0.630. The minimum absolute atomic E-state index is 0.0109. The molecule has 0 unspecified atom stereocenters. The van der Waals surface area contributed by atoms with Crippen molar-refractivity contribution >= 4 is 5.97 Å². The number of H-pyrrole nitrogens is 1. The lowest BCUT2D eigenvalue weighted by Crippen LogP contribution is -2.32. The van der Waals surface area contributed by atoms with Gasteiger partial charge in [-0.05, 0) is 0 Å². The maximum atomic E-state index is 12.5. The fraction of sp³-hybridized carbons (Fsp3) is 0.556. The molecule has 0 amide bonds. The number of nitrogens with zero attached hydrogens (tertiary/aromatic N) is 1. The molecule has 0 saturated heterocycles. The maximum Gasteiger partial charge on any atom is 0.356 e. The lowest BCUT2D eigenvalue weighted by atomic mass is 10.4. The Morgan fingerprint density at radius 2 is 2.22 bits per heavy atom. The number of carbonyl (C=O) groups is 1. The molecule has 5 nitrogen and oxygen atoms in total. The van der Waals surface area contributed by atoms with Gasteiger partial charge in [-0.3, -0.25) is 0 Å². The second kappa shape index (κ2) is 5.80. The van der Waals surface area contributed by atoms with Crippen LogP contribution in [-0.4, -0.2) is 42.0 Å². The lowest BCUT2D eigenvalue weighted by molar-refractivity contribution is -0.168. The molecular formula is C9H10F4N2O3. The number of aromatic nitrogens is 2. The van der Waals surface area contributed by atoms with Crippen LogP contribution in [0.2, 0.25) is 0 Å². The summed E-state index contributed by atoms with van der Waals surface area (Å²) in [7, 11) is 1.16. The van der Waals surface area contributed by atoms with Gasteiger partial charge < -0.3 is 14.5 Å². The van der Waals surface area contributed by atoms with Crippen LogP contribution in [0.25, 0.3) is 0 Å². The lowest BCUT2D eigenvalue weighted by Gasteiger charge is -2.14. The molecule has 9 heteroatoms. The first-order chi connectivity index (χ1) is 8.36. The Kier molecular flexibility index (Phi) is 4.65. The summed E-state index contributed by atoms with van der Waals surface area (Å²) in [4.78, 5) is 17.1. The number of ether oxygens (including phenoxy) is 2. The van der Waals surface area contributed by atoms with E-state index in [9.17, 15) is 22.4 Å². The number of hydrogen-bond acceptors (Lipinski definition) is 4. The van der Waals surface area contributed by atoms with Crippen LogP contribution in [-0.2, 0) is 16.1 Å². The molecule has 1 heterocycles. The number of aromatic amines is 1. The van der Waals surface area contributed by atoms with Crippen LogP contribution in [0.15, 0.2) is 6.20 Å². The fourth-order valence-corrected chi connectivity index (χ4v) is 0.996. The van der Waals surface area contributed by atoms with E-state index in [2.05, 4.69) is 19.4 Å². The summed E-state index contributed by atoms with van der Waals surface area (Å²) in [6, 6.07) is 0. The number of halogens is 4. The van der Waals surface area contributed by atoms with Gasteiger partial charge in [0.1, 0.15) is 24.7 Å². The molecule has 1 aromatic heterocycles. The van der Waals surface area contributed by atoms with Crippen LogP contribution in [0.1, 0.15) is 16.3 Å². The second-order valence-corrected chi connectivity index (χ2v) is 3.29. The molecular weight excluding hydrogens is 260 g/mol. The highest BCUT2D eigenvalue weighted by molar-refractivity contribution is 5.86. The molecule has 0 fully saturated rings. The number of esters is 1. The standard InChI is InChI=1S/C9H10F4N2O3/c1-17-7(16)5-2-14-6(15-5)3-18-4-9(12,13)8(10)11/h2,8H,3-4H2,1H3,(H,14,15). The van der Waals surface area contributed by atoms with Gasteiger partial charge in [-0.2, -0.15) is 8.78 Å². The first kappa shape index (κ1) is 14.4.